The molecule has 0 amide bonds. The first kappa shape index (κ1) is 11.7. The van der Waals surface area contributed by atoms with Gasteiger partial charge in [-0.25, -0.2) is 4.68 Å². The van der Waals surface area contributed by atoms with Gasteiger partial charge in [0.2, 0.25) is 0 Å². The van der Waals surface area contributed by atoms with Gasteiger partial charge in [-0.1, -0.05) is 13.3 Å². The monoisotopic (exact) mass is 229 g/mol. The Labute approximate surface area is 102 Å². The van der Waals surface area contributed by atoms with Crippen LogP contribution in [0.3, 0.4) is 0 Å². The third-order valence-electron chi connectivity index (χ3n) is 2.77. The Morgan fingerprint density at radius 1 is 1.29 bits per heavy atom. The van der Waals surface area contributed by atoms with E-state index in [1.807, 2.05) is 16.9 Å². The zero-order valence-electron chi connectivity index (χ0n) is 10.4. The number of hydrogen-bond donors (Lipinski definition) is 1. The standard InChI is InChI=1S/C14H19N3/c1-3-5-12(2)16-13-6-8-14(9-7-13)17-11-4-10-15-17/h4,6-12,16H,3,5H2,1-2H3. The summed E-state index contributed by atoms with van der Waals surface area (Å²) in [6.45, 7) is 4.42. The van der Waals surface area contributed by atoms with Gasteiger partial charge in [0.05, 0.1) is 5.69 Å². The molecular weight excluding hydrogens is 210 g/mol. The van der Waals surface area contributed by atoms with Crippen molar-refractivity contribution in [3.05, 3.63) is 42.7 Å². The number of rotatable bonds is 5. The molecule has 0 aliphatic carbocycles. The van der Waals surface area contributed by atoms with Crippen LogP contribution in [0, 0.1) is 0 Å². The number of nitrogens with one attached hydrogen (secondary N) is 1. The zero-order chi connectivity index (χ0) is 12.1. The molecule has 3 heteroatoms. The van der Waals surface area contributed by atoms with E-state index in [1.165, 1.54) is 18.5 Å². The van der Waals surface area contributed by atoms with Gasteiger partial charge in [-0.2, -0.15) is 5.10 Å². The van der Waals surface area contributed by atoms with Crippen molar-refractivity contribution in [1.29, 1.82) is 0 Å². The van der Waals surface area contributed by atoms with Crippen LogP contribution >= 0.6 is 0 Å². The molecule has 0 aliphatic heterocycles. The molecule has 3 nitrogen and oxygen atoms in total. The highest BCUT2D eigenvalue weighted by atomic mass is 15.3. The van der Waals surface area contributed by atoms with Crippen LogP contribution in [0.25, 0.3) is 5.69 Å². The van der Waals surface area contributed by atoms with E-state index in [2.05, 4.69) is 48.5 Å². The Balaban J connectivity index is 2.03. The van der Waals surface area contributed by atoms with Gasteiger partial charge in [0.1, 0.15) is 0 Å². The zero-order valence-corrected chi connectivity index (χ0v) is 10.4. The molecule has 0 aliphatic rings. The molecule has 0 fully saturated rings. The van der Waals surface area contributed by atoms with Crippen molar-refractivity contribution in [3.63, 3.8) is 0 Å². The fourth-order valence-corrected chi connectivity index (χ4v) is 1.92. The van der Waals surface area contributed by atoms with Crippen LogP contribution in [0.4, 0.5) is 5.69 Å². The largest absolute Gasteiger partial charge is 0.383 e. The quantitative estimate of drug-likeness (QED) is 0.850. The van der Waals surface area contributed by atoms with Crippen molar-refractivity contribution >= 4 is 5.69 Å². The molecule has 1 aromatic carbocycles. The highest BCUT2D eigenvalue weighted by molar-refractivity contribution is 5.48. The van der Waals surface area contributed by atoms with E-state index in [0.717, 1.165) is 5.69 Å². The lowest BCUT2D eigenvalue weighted by Crippen LogP contribution is -2.14. The average molecular weight is 229 g/mol. The molecule has 0 saturated carbocycles. The van der Waals surface area contributed by atoms with E-state index in [0.29, 0.717) is 6.04 Å². The van der Waals surface area contributed by atoms with Crippen LogP contribution < -0.4 is 5.32 Å². The van der Waals surface area contributed by atoms with Crippen molar-refractivity contribution in [2.75, 3.05) is 5.32 Å². The second-order valence-electron chi connectivity index (χ2n) is 4.33. The molecule has 1 heterocycles. The van der Waals surface area contributed by atoms with Crippen molar-refractivity contribution in [2.45, 2.75) is 32.7 Å². The van der Waals surface area contributed by atoms with Crippen LogP contribution in [-0.2, 0) is 0 Å². The molecule has 2 rings (SSSR count). The summed E-state index contributed by atoms with van der Waals surface area (Å²) in [7, 11) is 0. The highest BCUT2D eigenvalue weighted by Gasteiger charge is 2.01. The smallest absolute Gasteiger partial charge is 0.0647 e. The third-order valence-corrected chi connectivity index (χ3v) is 2.77. The lowest BCUT2D eigenvalue weighted by molar-refractivity contribution is 0.690. The van der Waals surface area contributed by atoms with Gasteiger partial charge in [-0.3, -0.25) is 0 Å². The van der Waals surface area contributed by atoms with Crippen molar-refractivity contribution < 1.29 is 0 Å². The molecular formula is C14H19N3. The lowest BCUT2D eigenvalue weighted by Gasteiger charge is -2.14. The van der Waals surface area contributed by atoms with Crippen LogP contribution in [0.2, 0.25) is 0 Å². The van der Waals surface area contributed by atoms with E-state index in [1.54, 1.807) is 6.20 Å². The number of hydrogen-bond acceptors (Lipinski definition) is 2. The third kappa shape index (κ3) is 3.09. The van der Waals surface area contributed by atoms with Gasteiger partial charge in [0, 0.05) is 24.1 Å². The van der Waals surface area contributed by atoms with E-state index < -0.39 is 0 Å². The molecule has 1 N–H and O–H groups in total. The minimum Gasteiger partial charge on any atom is -0.383 e. The molecule has 1 atom stereocenters. The number of aromatic nitrogens is 2. The minimum absolute atomic E-state index is 0.524. The fourth-order valence-electron chi connectivity index (χ4n) is 1.92. The second-order valence-corrected chi connectivity index (χ2v) is 4.33. The maximum Gasteiger partial charge on any atom is 0.0647 e. The molecule has 0 radical (unpaired) electrons. The van der Waals surface area contributed by atoms with Crippen molar-refractivity contribution in [2.24, 2.45) is 0 Å². The van der Waals surface area contributed by atoms with Gasteiger partial charge in [-0.15, -0.1) is 0 Å². The summed E-state index contributed by atoms with van der Waals surface area (Å²) in [6.07, 6.45) is 6.14. The lowest BCUT2D eigenvalue weighted by atomic mass is 10.2. The number of nitrogens with zero attached hydrogens (tertiary/aromatic N) is 2. The van der Waals surface area contributed by atoms with Crippen LogP contribution in [0.1, 0.15) is 26.7 Å². The highest BCUT2D eigenvalue weighted by Crippen LogP contribution is 2.14. The van der Waals surface area contributed by atoms with Gasteiger partial charge < -0.3 is 5.32 Å². The first-order valence-corrected chi connectivity index (χ1v) is 6.16. The van der Waals surface area contributed by atoms with E-state index in [9.17, 15) is 0 Å². The molecule has 90 valence electrons. The van der Waals surface area contributed by atoms with Crippen LogP contribution in [0.15, 0.2) is 42.7 Å². The predicted octanol–water partition coefficient (Wildman–Crippen LogP) is 3.47. The van der Waals surface area contributed by atoms with Crippen molar-refractivity contribution in [1.82, 2.24) is 9.78 Å². The fraction of sp³-hybridized carbons (Fsp3) is 0.357. The molecule has 0 spiro atoms. The van der Waals surface area contributed by atoms with E-state index in [-0.39, 0.29) is 0 Å². The second kappa shape index (κ2) is 5.53. The normalized spacial score (nSPS) is 12.4. The van der Waals surface area contributed by atoms with Gasteiger partial charge in [0.25, 0.3) is 0 Å². The molecule has 0 saturated heterocycles. The van der Waals surface area contributed by atoms with Crippen LogP contribution in [-0.4, -0.2) is 15.8 Å². The number of benzene rings is 1. The topological polar surface area (TPSA) is 29.9 Å². The minimum atomic E-state index is 0.524. The van der Waals surface area contributed by atoms with Gasteiger partial charge in [-0.05, 0) is 43.7 Å². The van der Waals surface area contributed by atoms with E-state index >= 15 is 0 Å². The molecule has 0 bridgehead atoms. The van der Waals surface area contributed by atoms with Gasteiger partial charge >= 0.3 is 0 Å². The van der Waals surface area contributed by atoms with Gasteiger partial charge in [0.15, 0.2) is 0 Å². The first-order chi connectivity index (χ1) is 8.29. The first-order valence-electron chi connectivity index (χ1n) is 6.16. The summed E-state index contributed by atoms with van der Waals surface area (Å²) in [4.78, 5) is 0. The Kier molecular flexibility index (Phi) is 3.81. The Hall–Kier alpha value is -1.77. The SMILES string of the molecule is CCCC(C)Nc1ccc(-n2cccn2)cc1. The maximum absolute atomic E-state index is 4.20. The summed E-state index contributed by atoms with van der Waals surface area (Å²) < 4.78 is 1.86. The predicted molar refractivity (Wildman–Crippen MR) is 71.6 cm³/mol. The molecule has 1 aromatic heterocycles. The Morgan fingerprint density at radius 2 is 2.06 bits per heavy atom. The molecule has 2 aromatic rings. The molecule has 17 heavy (non-hydrogen) atoms. The Bertz CT molecular complexity index is 431. The average Bonchev–Trinajstić information content (AvgIpc) is 2.84. The summed E-state index contributed by atoms with van der Waals surface area (Å²) in [5, 5.41) is 7.69. The van der Waals surface area contributed by atoms with Crippen molar-refractivity contribution in [3.8, 4) is 5.69 Å². The summed E-state index contributed by atoms with van der Waals surface area (Å²) >= 11 is 0. The summed E-state index contributed by atoms with van der Waals surface area (Å²) in [5.74, 6) is 0. The molecule has 1 unspecified atom stereocenters. The number of anilines is 1. The summed E-state index contributed by atoms with van der Waals surface area (Å²) in [6, 6.07) is 10.8. The van der Waals surface area contributed by atoms with E-state index in [4.69, 9.17) is 0 Å². The summed E-state index contributed by atoms with van der Waals surface area (Å²) in [5.41, 5.74) is 2.26. The maximum atomic E-state index is 4.20. The van der Waals surface area contributed by atoms with Crippen LogP contribution in [0.5, 0.6) is 0 Å². The Morgan fingerprint density at radius 3 is 2.65 bits per heavy atom.